The lowest BCUT2D eigenvalue weighted by Crippen LogP contribution is -2.05. The summed E-state index contributed by atoms with van der Waals surface area (Å²) in [7, 11) is 0. The molecule has 3 rings (SSSR count). The van der Waals surface area contributed by atoms with Gasteiger partial charge in [-0.1, -0.05) is 23.9 Å². The van der Waals surface area contributed by atoms with Crippen LogP contribution in [0.25, 0.3) is 11.0 Å². The number of nitrogens with two attached hydrogens (primary N) is 1. The first-order chi connectivity index (χ1) is 10.2. The molecule has 0 unspecified atom stereocenters. The molecule has 0 saturated carbocycles. The number of benzene rings is 2. The van der Waals surface area contributed by atoms with E-state index in [-0.39, 0.29) is 5.82 Å². The van der Waals surface area contributed by atoms with E-state index in [0.29, 0.717) is 18.5 Å². The van der Waals surface area contributed by atoms with E-state index >= 15 is 0 Å². The maximum atomic E-state index is 13.9. The second kappa shape index (κ2) is 5.87. The largest absolute Gasteiger partial charge is 0.333 e. The second-order valence-electron chi connectivity index (χ2n) is 4.92. The zero-order valence-electron chi connectivity index (χ0n) is 11.7. The van der Waals surface area contributed by atoms with Crippen molar-refractivity contribution in [3.63, 3.8) is 0 Å². The summed E-state index contributed by atoms with van der Waals surface area (Å²) in [5.74, 6) is -0.211. The number of hydrogen-bond donors (Lipinski definition) is 2. The molecule has 0 saturated heterocycles. The molecule has 0 bridgehead atoms. The SMILES string of the molecule is Cc1ccc2nc(Sc3cccc(F)c3CCN)[nH]c2c1. The first-order valence-electron chi connectivity index (χ1n) is 6.79. The van der Waals surface area contributed by atoms with Gasteiger partial charge in [0.05, 0.1) is 11.0 Å². The van der Waals surface area contributed by atoms with Crippen LogP contribution in [0.3, 0.4) is 0 Å². The molecule has 21 heavy (non-hydrogen) atoms. The van der Waals surface area contributed by atoms with Gasteiger partial charge in [0.25, 0.3) is 0 Å². The number of aromatic nitrogens is 2. The third-order valence-corrected chi connectivity index (χ3v) is 4.28. The van der Waals surface area contributed by atoms with Gasteiger partial charge in [-0.3, -0.25) is 0 Å². The molecule has 0 spiro atoms. The molecule has 5 heteroatoms. The van der Waals surface area contributed by atoms with E-state index in [0.717, 1.165) is 21.1 Å². The van der Waals surface area contributed by atoms with Crippen molar-refractivity contribution in [1.29, 1.82) is 0 Å². The Bertz CT molecular complexity index is 782. The molecule has 3 aromatic rings. The van der Waals surface area contributed by atoms with E-state index in [2.05, 4.69) is 16.0 Å². The number of H-pyrrole nitrogens is 1. The van der Waals surface area contributed by atoms with E-state index in [4.69, 9.17) is 5.73 Å². The van der Waals surface area contributed by atoms with E-state index in [1.165, 1.54) is 23.4 Å². The molecule has 3 N–H and O–H groups in total. The first kappa shape index (κ1) is 14.1. The molecule has 3 nitrogen and oxygen atoms in total. The van der Waals surface area contributed by atoms with Crippen LogP contribution in [0.4, 0.5) is 4.39 Å². The monoisotopic (exact) mass is 301 g/mol. The summed E-state index contributed by atoms with van der Waals surface area (Å²) < 4.78 is 13.9. The fourth-order valence-corrected chi connectivity index (χ4v) is 3.26. The minimum Gasteiger partial charge on any atom is -0.333 e. The topological polar surface area (TPSA) is 54.7 Å². The lowest BCUT2D eigenvalue weighted by atomic mass is 10.1. The van der Waals surface area contributed by atoms with E-state index in [1.807, 2.05) is 25.1 Å². The Hall–Kier alpha value is -1.85. The predicted octanol–water partition coefficient (Wildman–Crippen LogP) is 3.66. The average Bonchev–Trinajstić information content (AvgIpc) is 2.84. The highest BCUT2D eigenvalue weighted by Gasteiger charge is 2.11. The standard InChI is InChI=1S/C16H16FN3S/c1-10-5-6-13-14(9-10)20-16(19-13)21-15-4-2-3-12(17)11(15)7-8-18/h2-6,9H,7-8,18H2,1H3,(H,19,20). The maximum absolute atomic E-state index is 13.9. The van der Waals surface area contributed by atoms with Crippen LogP contribution >= 0.6 is 11.8 Å². The lowest BCUT2D eigenvalue weighted by molar-refractivity contribution is 0.603. The maximum Gasteiger partial charge on any atom is 0.171 e. The molecule has 108 valence electrons. The molecule has 0 atom stereocenters. The van der Waals surface area contributed by atoms with Gasteiger partial charge in [-0.25, -0.2) is 9.37 Å². The number of nitrogens with zero attached hydrogens (tertiary/aromatic N) is 1. The minimum atomic E-state index is -0.211. The van der Waals surface area contributed by atoms with Crippen molar-refractivity contribution in [2.45, 2.75) is 23.4 Å². The summed E-state index contributed by atoms with van der Waals surface area (Å²) in [4.78, 5) is 8.66. The zero-order chi connectivity index (χ0) is 14.8. The Labute approximate surface area is 126 Å². The summed E-state index contributed by atoms with van der Waals surface area (Å²) >= 11 is 1.44. The number of hydrogen-bond acceptors (Lipinski definition) is 3. The smallest absolute Gasteiger partial charge is 0.171 e. The molecule has 0 aliphatic heterocycles. The highest BCUT2D eigenvalue weighted by Crippen LogP contribution is 2.31. The van der Waals surface area contributed by atoms with Crippen LogP contribution < -0.4 is 5.73 Å². The summed E-state index contributed by atoms with van der Waals surface area (Å²) in [5.41, 5.74) is 9.31. The van der Waals surface area contributed by atoms with E-state index < -0.39 is 0 Å². The van der Waals surface area contributed by atoms with E-state index in [1.54, 1.807) is 6.07 Å². The first-order valence-corrected chi connectivity index (χ1v) is 7.60. The number of aromatic amines is 1. The van der Waals surface area contributed by atoms with Crippen molar-refractivity contribution >= 4 is 22.8 Å². The minimum absolute atomic E-state index is 0.211. The molecular weight excluding hydrogens is 285 g/mol. The van der Waals surface area contributed by atoms with E-state index in [9.17, 15) is 4.39 Å². The molecule has 0 aliphatic rings. The number of nitrogens with one attached hydrogen (secondary N) is 1. The third kappa shape index (κ3) is 2.94. The van der Waals surface area contributed by atoms with Gasteiger partial charge in [-0.2, -0.15) is 0 Å². The Morgan fingerprint density at radius 3 is 2.95 bits per heavy atom. The Morgan fingerprint density at radius 1 is 1.29 bits per heavy atom. The third-order valence-electron chi connectivity index (χ3n) is 3.29. The number of rotatable bonds is 4. The summed E-state index contributed by atoms with van der Waals surface area (Å²) in [6, 6.07) is 11.1. The Morgan fingerprint density at radius 2 is 2.14 bits per heavy atom. The van der Waals surface area contributed by atoms with Gasteiger partial charge in [0, 0.05) is 10.5 Å². The molecule has 0 amide bonds. The van der Waals surface area contributed by atoms with Crippen LogP contribution in [0.15, 0.2) is 46.5 Å². The van der Waals surface area contributed by atoms with Crippen molar-refractivity contribution in [2.75, 3.05) is 6.54 Å². The van der Waals surface area contributed by atoms with Gasteiger partial charge in [-0.15, -0.1) is 0 Å². The summed E-state index contributed by atoms with van der Waals surface area (Å²) in [5, 5.41) is 0.763. The molecular formula is C16H16FN3S. The number of imidazole rings is 1. The fraction of sp³-hybridized carbons (Fsp3) is 0.188. The van der Waals surface area contributed by atoms with Crippen molar-refractivity contribution < 1.29 is 4.39 Å². The van der Waals surface area contributed by atoms with Gasteiger partial charge in [0.1, 0.15) is 5.82 Å². The molecule has 1 aromatic heterocycles. The number of fused-ring (bicyclic) bond motifs is 1. The van der Waals surface area contributed by atoms with Gasteiger partial charge in [0.15, 0.2) is 5.16 Å². The zero-order valence-corrected chi connectivity index (χ0v) is 12.5. The predicted molar refractivity (Wildman–Crippen MR) is 84.1 cm³/mol. The van der Waals surface area contributed by atoms with Gasteiger partial charge in [0.2, 0.25) is 0 Å². The normalized spacial score (nSPS) is 11.2. The quantitative estimate of drug-likeness (QED) is 0.773. The lowest BCUT2D eigenvalue weighted by Gasteiger charge is -2.07. The Balaban J connectivity index is 1.96. The summed E-state index contributed by atoms with van der Waals surface area (Å²) in [6.07, 6.45) is 0.522. The van der Waals surface area contributed by atoms with Crippen LogP contribution in [0.2, 0.25) is 0 Å². The average molecular weight is 301 g/mol. The van der Waals surface area contributed by atoms with Gasteiger partial charge >= 0.3 is 0 Å². The number of halogens is 1. The van der Waals surface area contributed by atoms with Crippen LogP contribution in [0, 0.1) is 12.7 Å². The molecule has 0 fully saturated rings. The fourth-order valence-electron chi connectivity index (χ4n) is 2.27. The van der Waals surface area contributed by atoms with Gasteiger partial charge in [-0.05, 0) is 49.7 Å². The second-order valence-corrected chi connectivity index (χ2v) is 5.95. The summed E-state index contributed by atoms with van der Waals surface area (Å²) in [6.45, 7) is 2.47. The Kier molecular flexibility index (Phi) is 3.94. The molecule has 0 aliphatic carbocycles. The molecule has 2 aromatic carbocycles. The van der Waals surface area contributed by atoms with Crippen LogP contribution in [0.5, 0.6) is 0 Å². The van der Waals surface area contributed by atoms with Crippen LogP contribution in [0.1, 0.15) is 11.1 Å². The molecule has 1 heterocycles. The van der Waals surface area contributed by atoms with Crippen molar-refractivity contribution in [3.8, 4) is 0 Å². The van der Waals surface area contributed by atoms with Crippen molar-refractivity contribution in [3.05, 3.63) is 53.3 Å². The highest BCUT2D eigenvalue weighted by atomic mass is 32.2. The van der Waals surface area contributed by atoms with Gasteiger partial charge < -0.3 is 10.7 Å². The van der Waals surface area contributed by atoms with Crippen molar-refractivity contribution in [2.24, 2.45) is 5.73 Å². The number of aryl methyl sites for hydroxylation is 1. The van der Waals surface area contributed by atoms with Crippen molar-refractivity contribution in [1.82, 2.24) is 9.97 Å². The molecule has 0 radical (unpaired) electrons. The van der Waals surface area contributed by atoms with Crippen LogP contribution in [-0.4, -0.2) is 16.5 Å². The highest BCUT2D eigenvalue weighted by molar-refractivity contribution is 7.99. The van der Waals surface area contributed by atoms with Crippen LogP contribution in [-0.2, 0) is 6.42 Å².